The van der Waals surface area contributed by atoms with E-state index in [4.69, 9.17) is 0 Å². The largest absolute Gasteiger partial charge is 0.339 e. The molecule has 0 atom stereocenters. The second-order valence-corrected chi connectivity index (χ2v) is 8.14. The fourth-order valence-electron chi connectivity index (χ4n) is 3.55. The van der Waals surface area contributed by atoms with Gasteiger partial charge in [-0.1, -0.05) is 24.3 Å². The molecule has 154 valence electrons. The number of rotatable bonds is 5. The van der Waals surface area contributed by atoms with E-state index in [1.54, 1.807) is 41.8 Å². The van der Waals surface area contributed by atoms with Crippen LogP contribution in [-0.4, -0.2) is 34.8 Å². The third kappa shape index (κ3) is 4.74. The smallest absolute Gasteiger partial charge is 0.255 e. The lowest BCUT2D eigenvalue weighted by Gasteiger charge is -2.27. The molecule has 0 spiro atoms. The van der Waals surface area contributed by atoms with E-state index in [1.165, 1.54) is 23.5 Å². The van der Waals surface area contributed by atoms with Crippen LogP contribution in [0.25, 0.3) is 10.6 Å². The molecule has 1 aliphatic rings. The summed E-state index contributed by atoms with van der Waals surface area (Å²) in [5.41, 5.74) is 2.31. The minimum Gasteiger partial charge on any atom is -0.339 e. The first-order chi connectivity index (χ1) is 14.6. The van der Waals surface area contributed by atoms with E-state index in [-0.39, 0.29) is 24.1 Å². The molecular weight excluding hydrogens is 401 g/mol. The average Bonchev–Trinajstić information content (AvgIpc) is 3.22. The van der Waals surface area contributed by atoms with E-state index in [2.05, 4.69) is 10.3 Å². The number of amides is 2. The van der Waals surface area contributed by atoms with Crippen LogP contribution in [0.2, 0.25) is 0 Å². The summed E-state index contributed by atoms with van der Waals surface area (Å²) in [5, 5.41) is 5.32. The fourth-order valence-corrected chi connectivity index (χ4v) is 4.36. The highest BCUT2D eigenvalue weighted by atomic mass is 32.1. The number of piperidine rings is 1. The van der Waals surface area contributed by atoms with Gasteiger partial charge >= 0.3 is 0 Å². The summed E-state index contributed by atoms with van der Waals surface area (Å²) in [4.78, 5) is 31.8. The van der Waals surface area contributed by atoms with Crippen molar-refractivity contribution in [2.24, 2.45) is 0 Å². The van der Waals surface area contributed by atoms with Crippen LogP contribution in [0.3, 0.4) is 0 Å². The van der Waals surface area contributed by atoms with Gasteiger partial charge in [0.2, 0.25) is 5.91 Å². The Morgan fingerprint density at radius 3 is 2.67 bits per heavy atom. The Morgan fingerprint density at radius 2 is 1.87 bits per heavy atom. The molecule has 1 saturated heterocycles. The number of para-hydroxylation sites is 1. The predicted molar refractivity (Wildman–Crippen MR) is 116 cm³/mol. The lowest BCUT2D eigenvalue weighted by molar-refractivity contribution is -0.115. The zero-order valence-electron chi connectivity index (χ0n) is 16.4. The van der Waals surface area contributed by atoms with Crippen molar-refractivity contribution in [2.45, 2.75) is 25.7 Å². The minimum absolute atomic E-state index is 0.0485. The summed E-state index contributed by atoms with van der Waals surface area (Å²) in [5.74, 6) is -0.616. The van der Waals surface area contributed by atoms with E-state index in [9.17, 15) is 14.0 Å². The van der Waals surface area contributed by atoms with Crippen molar-refractivity contribution in [1.29, 1.82) is 0 Å². The van der Waals surface area contributed by atoms with E-state index >= 15 is 0 Å². The lowest BCUT2D eigenvalue weighted by atomic mass is 10.1. The number of thiazole rings is 1. The molecule has 1 N–H and O–H groups in total. The van der Waals surface area contributed by atoms with E-state index in [0.717, 1.165) is 32.4 Å². The number of aromatic nitrogens is 1. The third-order valence-corrected chi connectivity index (χ3v) is 5.98. The van der Waals surface area contributed by atoms with Gasteiger partial charge in [-0.05, 0) is 43.5 Å². The van der Waals surface area contributed by atoms with Crippen molar-refractivity contribution in [2.75, 3.05) is 18.4 Å². The molecule has 30 heavy (non-hydrogen) atoms. The van der Waals surface area contributed by atoms with E-state index in [1.807, 2.05) is 4.90 Å². The number of hydrogen-bond donors (Lipinski definition) is 1. The van der Waals surface area contributed by atoms with Crippen LogP contribution in [0.1, 0.15) is 35.3 Å². The van der Waals surface area contributed by atoms with Gasteiger partial charge < -0.3 is 10.2 Å². The molecule has 0 radical (unpaired) electrons. The summed E-state index contributed by atoms with van der Waals surface area (Å²) < 4.78 is 13.4. The number of nitrogens with zero attached hydrogens (tertiary/aromatic N) is 2. The molecular formula is C23H22FN3O2S. The first kappa shape index (κ1) is 20.2. The number of likely N-dealkylation sites (tertiary alicyclic amines) is 1. The van der Waals surface area contributed by atoms with Crippen molar-refractivity contribution >= 4 is 28.8 Å². The summed E-state index contributed by atoms with van der Waals surface area (Å²) in [6.45, 7) is 1.51. The number of anilines is 1. The van der Waals surface area contributed by atoms with E-state index in [0.29, 0.717) is 27.5 Å². The highest BCUT2D eigenvalue weighted by molar-refractivity contribution is 7.13. The van der Waals surface area contributed by atoms with Gasteiger partial charge in [0.1, 0.15) is 10.8 Å². The summed E-state index contributed by atoms with van der Waals surface area (Å²) in [6, 6.07) is 13.3. The van der Waals surface area contributed by atoms with Crippen LogP contribution < -0.4 is 5.32 Å². The molecule has 4 rings (SSSR count). The van der Waals surface area contributed by atoms with Gasteiger partial charge in [0.15, 0.2) is 0 Å². The molecule has 0 aliphatic carbocycles. The zero-order chi connectivity index (χ0) is 20.9. The molecule has 0 unspecified atom stereocenters. The lowest BCUT2D eigenvalue weighted by Crippen LogP contribution is -2.36. The number of halogens is 1. The maximum Gasteiger partial charge on any atom is 0.255 e. The second kappa shape index (κ2) is 9.17. The Labute approximate surface area is 178 Å². The number of carbonyl (C=O) groups excluding carboxylic acids is 2. The predicted octanol–water partition coefficient (Wildman–Crippen LogP) is 4.76. The summed E-state index contributed by atoms with van der Waals surface area (Å²) in [7, 11) is 0. The van der Waals surface area contributed by atoms with Crippen molar-refractivity contribution in [3.05, 3.63) is 71.0 Å². The quantitative estimate of drug-likeness (QED) is 0.644. The Hall–Kier alpha value is -3.06. The van der Waals surface area contributed by atoms with Crippen LogP contribution >= 0.6 is 11.3 Å². The van der Waals surface area contributed by atoms with Gasteiger partial charge in [0, 0.05) is 24.0 Å². The van der Waals surface area contributed by atoms with Crippen molar-refractivity contribution in [1.82, 2.24) is 9.88 Å². The molecule has 1 aliphatic heterocycles. The third-order valence-electron chi connectivity index (χ3n) is 5.04. The van der Waals surface area contributed by atoms with Crippen LogP contribution in [0.5, 0.6) is 0 Å². The van der Waals surface area contributed by atoms with Crippen LogP contribution in [-0.2, 0) is 11.2 Å². The highest BCUT2D eigenvalue weighted by Crippen LogP contribution is 2.25. The normalized spacial score (nSPS) is 13.8. The monoisotopic (exact) mass is 423 g/mol. The van der Waals surface area contributed by atoms with Gasteiger partial charge in [0.25, 0.3) is 5.91 Å². The average molecular weight is 424 g/mol. The summed E-state index contributed by atoms with van der Waals surface area (Å²) >= 11 is 1.37. The minimum atomic E-state index is -0.322. The summed E-state index contributed by atoms with van der Waals surface area (Å²) in [6.07, 6.45) is 3.25. The maximum atomic E-state index is 13.4. The standard InChI is InChI=1S/C23H22FN3O2S/c24-17-8-6-7-16(13-17)22-25-18(15-30-22)14-21(28)26-20-10-3-2-9-19(20)23(29)27-11-4-1-5-12-27/h2-3,6-10,13,15H,1,4-5,11-12,14H2,(H,26,28). The molecule has 1 aromatic heterocycles. The van der Waals surface area contributed by atoms with E-state index < -0.39 is 0 Å². The number of nitrogens with one attached hydrogen (secondary N) is 1. The number of carbonyl (C=O) groups is 2. The second-order valence-electron chi connectivity index (χ2n) is 7.28. The Balaban J connectivity index is 1.44. The molecule has 7 heteroatoms. The molecule has 2 amide bonds. The zero-order valence-corrected chi connectivity index (χ0v) is 17.3. The maximum absolute atomic E-state index is 13.4. The highest BCUT2D eigenvalue weighted by Gasteiger charge is 2.21. The Morgan fingerprint density at radius 1 is 1.07 bits per heavy atom. The van der Waals surface area contributed by atoms with Crippen LogP contribution in [0.15, 0.2) is 53.9 Å². The molecule has 2 heterocycles. The Bertz CT molecular complexity index is 1060. The molecule has 1 fully saturated rings. The van der Waals surface area contributed by atoms with Crippen molar-refractivity contribution in [3.8, 4) is 10.6 Å². The fraction of sp³-hybridized carbons (Fsp3) is 0.261. The van der Waals surface area contributed by atoms with Gasteiger partial charge in [-0.3, -0.25) is 9.59 Å². The van der Waals surface area contributed by atoms with Crippen LogP contribution in [0.4, 0.5) is 10.1 Å². The Kier molecular flexibility index (Phi) is 6.18. The van der Waals surface area contributed by atoms with Crippen LogP contribution in [0, 0.1) is 5.82 Å². The number of hydrogen-bond acceptors (Lipinski definition) is 4. The van der Waals surface area contributed by atoms with Gasteiger partial charge in [-0.15, -0.1) is 11.3 Å². The number of benzene rings is 2. The van der Waals surface area contributed by atoms with Crippen molar-refractivity contribution in [3.63, 3.8) is 0 Å². The van der Waals surface area contributed by atoms with Crippen molar-refractivity contribution < 1.29 is 14.0 Å². The molecule has 0 saturated carbocycles. The molecule has 5 nitrogen and oxygen atoms in total. The molecule has 0 bridgehead atoms. The molecule has 3 aromatic rings. The van der Waals surface area contributed by atoms with Gasteiger partial charge in [-0.2, -0.15) is 0 Å². The van der Waals surface area contributed by atoms with Gasteiger partial charge in [-0.25, -0.2) is 9.37 Å². The molecule has 2 aromatic carbocycles. The van der Waals surface area contributed by atoms with Gasteiger partial charge in [0.05, 0.1) is 23.4 Å². The SMILES string of the molecule is O=C(Cc1csc(-c2cccc(F)c2)n1)Nc1ccccc1C(=O)N1CCCCC1. The first-order valence-electron chi connectivity index (χ1n) is 9.98. The first-order valence-corrected chi connectivity index (χ1v) is 10.9. The topological polar surface area (TPSA) is 62.3 Å².